The topological polar surface area (TPSA) is 74.3 Å². The van der Waals surface area contributed by atoms with E-state index >= 15 is 0 Å². The zero-order valence-corrected chi connectivity index (χ0v) is 18.8. The second kappa shape index (κ2) is 10.3. The fourth-order valence-electron chi connectivity index (χ4n) is 3.74. The molecule has 168 valence electrons. The highest BCUT2D eigenvalue weighted by molar-refractivity contribution is 7.13. The highest BCUT2D eigenvalue weighted by Gasteiger charge is 2.28. The van der Waals surface area contributed by atoms with Crippen LogP contribution in [0.25, 0.3) is 0 Å². The van der Waals surface area contributed by atoms with Gasteiger partial charge >= 0.3 is 0 Å². The highest BCUT2D eigenvalue weighted by atomic mass is 32.1. The molecule has 2 N–H and O–H groups in total. The zero-order chi connectivity index (χ0) is 22.5. The van der Waals surface area contributed by atoms with Crippen LogP contribution in [-0.2, 0) is 11.3 Å². The van der Waals surface area contributed by atoms with Crippen molar-refractivity contribution >= 4 is 28.3 Å². The van der Waals surface area contributed by atoms with Crippen LogP contribution in [-0.4, -0.2) is 40.8 Å². The van der Waals surface area contributed by atoms with Crippen molar-refractivity contribution in [3.63, 3.8) is 0 Å². The normalized spacial score (nSPS) is 18.1. The maximum absolute atomic E-state index is 13.9. The number of hydrogen-bond donors (Lipinski definition) is 2. The van der Waals surface area contributed by atoms with Crippen molar-refractivity contribution in [3.8, 4) is 0 Å². The lowest BCUT2D eigenvalue weighted by Gasteiger charge is -2.30. The first-order valence-electron chi connectivity index (χ1n) is 10.5. The van der Waals surface area contributed by atoms with Crippen LogP contribution in [0.3, 0.4) is 0 Å². The second-order valence-electron chi connectivity index (χ2n) is 8.41. The quantitative estimate of drug-likeness (QED) is 0.668. The number of hydrogen-bond acceptors (Lipinski definition) is 5. The van der Waals surface area contributed by atoms with Crippen LogP contribution in [0.5, 0.6) is 0 Å². The lowest BCUT2D eigenvalue weighted by atomic mass is 10.0. The Morgan fingerprint density at radius 1 is 1.29 bits per heavy atom. The zero-order valence-electron chi connectivity index (χ0n) is 18.0. The van der Waals surface area contributed by atoms with Crippen molar-refractivity contribution in [1.82, 2.24) is 15.2 Å². The van der Waals surface area contributed by atoms with Gasteiger partial charge in [0.15, 0.2) is 5.13 Å². The molecular weight excluding hydrogens is 422 g/mol. The number of carbonyl (C=O) groups is 2. The molecular formula is C22H28F2N4O2S. The molecule has 0 spiro atoms. The molecule has 0 saturated carbocycles. The van der Waals surface area contributed by atoms with Gasteiger partial charge in [-0.1, -0.05) is 26.8 Å². The number of rotatable bonds is 7. The van der Waals surface area contributed by atoms with E-state index in [1.165, 1.54) is 30.2 Å². The van der Waals surface area contributed by atoms with E-state index in [-0.39, 0.29) is 5.92 Å². The summed E-state index contributed by atoms with van der Waals surface area (Å²) in [6.45, 7) is 8.53. The third-order valence-corrected chi connectivity index (χ3v) is 6.14. The molecule has 2 amide bonds. The molecule has 1 aromatic carbocycles. The van der Waals surface area contributed by atoms with Crippen LogP contribution in [0.4, 0.5) is 13.9 Å². The fraction of sp³-hybridized carbons (Fsp3) is 0.500. The minimum atomic E-state index is -0.975. The number of halogens is 2. The van der Waals surface area contributed by atoms with E-state index in [4.69, 9.17) is 0 Å². The van der Waals surface area contributed by atoms with Gasteiger partial charge in [0.25, 0.3) is 5.91 Å². The van der Waals surface area contributed by atoms with Gasteiger partial charge in [-0.3, -0.25) is 14.5 Å². The maximum atomic E-state index is 13.9. The van der Waals surface area contributed by atoms with Crippen LogP contribution in [0.1, 0.15) is 49.7 Å². The predicted molar refractivity (Wildman–Crippen MR) is 117 cm³/mol. The van der Waals surface area contributed by atoms with Gasteiger partial charge in [-0.2, -0.15) is 0 Å². The Kier molecular flexibility index (Phi) is 7.72. The molecule has 1 aromatic heterocycles. The van der Waals surface area contributed by atoms with Crippen LogP contribution in [0.15, 0.2) is 23.6 Å². The van der Waals surface area contributed by atoms with Gasteiger partial charge in [0, 0.05) is 18.5 Å². The molecule has 1 saturated heterocycles. The molecule has 2 aromatic rings. The first kappa shape index (κ1) is 23.3. The van der Waals surface area contributed by atoms with Crippen molar-refractivity contribution in [1.29, 1.82) is 0 Å². The maximum Gasteiger partial charge on any atom is 0.257 e. The molecule has 31 heavy (non-hydrogen) atoms. The number of carbonyl (C=O) groups excluding carboxylic acids is 2. The van der Waals surface area contributed by atoms with E-state index < -0.39 is 35.1 Å². The first-order chi connectivity index (χ1) is 14.7. The Balaban J connectivity index is 1.63. The van der Waals surface area contributed by atoms with E-state index in [0.29, 0.717) is 11.0 Å². The summed E-state index contributed by atoms with van der Waals surface area (Å²) in [6, 6.07) is 2.21. The third-order valence-electron chi connectivity index (χ3n) is 5.33. The minimum Gasteiger partial charge on any atom is -0.340 e. The molecule has 1 aliphatic rings. The SMILES string of the molecule is CC1CCCN(Cc2csc(NC(=O)[C@@H](NC(=O)c3c(F)cccc3F)C(C)C)n2)C1. The first-order valence-corrected chi connectivity index (χ1v) is 11.3. The number of aromatic nitrogens is 1. The number of likely N-dealkylation sites (tertiary alicyclic amines) is 1. The number of amides is 2. The summed E-state index contributed by atoms with van der Waals surface area (Å²) in [5, 5.41) is 7.51. The molecule has 1 unspecified atom stereocenters. The van der Waals surface area contributed by atoms with Crippen molar-refractivity contribution < 1.29 is 18.4 Å². The Bertz CT molecular complexity index is 914. The van der Waals surface area contributed by atoms with Crippen LogP contribution < -0.4 is 10.6 Å². The molecule has 2 heterocycles. The Morgan fingerprint density at radius 2 is 2.00 bits per heavy atom. The summed E-state index contributed by atoms with van der Waals surface area (Å²) in [7, 11) is 0. The van der Waals surface area contributed by atoms with Gasteiger partial charge in [-0.05, 0) is 43.4 Å². The van der Waals surface area contributed by atoms with Crippen molar-refractivity contribution in [2.24, 2.45) is 11.8 Å². The summed E-state index contributed by atoms with van der Waals surface area (Å²) < 4.78 is 27.8. The van der Waals surface area contributed by atoms with Gasteiger partial charge < -0.3 is 10.6 Å². The molecule has 2 atom stereocenters. The fourth-order valence-corrected chi connectivity index (χ4v) is 4.45. The summed E-state index contributed by atoms with van der Waals surface area (Å²) in [5.41, 5.74) is 0.182. The molecule has 0 bridgehead atoms. The summed E-state index contributed by atoms with van der Waals surface area (Å²) in [6.07, 6.45) is 2.42. The molecule has 6 nitrogen and oxygen atoms in total. The van der Waals surface area contributed by atoms with Gasteiger partial charge in [0.1, 0.15) is 23.2 Å². The molecule has 3 rings (SSSR count). The van der Waals surface area contributed by atoms with Crippen molar-refractivity contribution in [2.45, 2.75) is 46.2 Å². The Morgan fingerprint density at radius 3 is 2.65 bits per heavy atom. The molecule has 9 heteroatoms. The van der Waals surface area contributed by atoms with Crippen LogP contribution in [0.2, 0.25) is 0 Å². The van der Waals surface area contributed by atoms with Gasteiger partial charge in [0.2, 0.25) is 5.91 Å². The molecule has 1 aliphatic heterocycles. The van der Waals surface area contributed by atoms with Crippen LogP contribution in [0, 0.1) is 23.5 Å². The monoisotopic (exact) mass is 450 g/mol. The van der Waals surface area contributed by atoms with Crippen molar-refractivity contribution in [2.75, 3.05) is 18.4 Å². The largest absolute Gasteiger partial charge is 0.340 e. The van der Waals surface area contributed by atoms with Crippen molar-refractivity contribution in [3.05, 3.63) is 46.5 Å². The van der Waals surface area contributed by atoms with E-state index in [0.717, 1.165) is 37.5 Å². The molecule has 1 fully saturated rings. The van der Waals surface area contributed by atoms with Gasteiger partial charge in [0.05, 0.1) is 5.69 Å². The van der Waals surface area contributed by atoms with Gasteiger partial charge in [-0.15, -0.1) is 11.3 Å². The number of anilines is 1. The summed E-state index contributed by atoms with van der Waals surface area (Å²) in [5.74, 6) is -3.03. The second-order valence-corrected chi connectivity index (χ2v) is 9.27. The number of nitrogens with zero attached hydrogens (tertiary/aromatic N) is 2. The number of thiazole rings is 1. The Hall–Kier alpha value is -2.39. The number of piperidine rings is 1. The minimum absolute atomic E-state index is 0.298. The number of benzene rings is 1. The van der Waals surface area contributed by atoms with E-state index in [1.807, 2.05) is 5.38 Å². The predicted octanol–water partition coefficient (Wildman–Crippen LogP) is 4.05. The Labute approximate surface area is 185 Å². The van der Waals surface area contributed by atoms with E-state index in [9.17, 15) is 18.4 Å². The van der Waals surface area contributed by atoms with Crippen LogP contribution >= 0.6 is 11.3 Å². The summed E-state index contributed by atoms with van der Waals surface area (Å²) >= 11 is 1.31. The third kappa shape index (κ3) is 6.07. The molecule has 0 aliphatic carbocycles. The lowest BCUT2D eigenvalue weighted by Crippen LogP contribution is -2.47. The van der Waals surface area contributed by atoms with E-state index in [1.54, 1.807) is 13.8 Å². The number of nitrogens with one attached hydrogen (secondary N) is 2. The van der Waals surface area contributed by atoms with E-state index in [2.05, 4.69) is 27.4 Å². The highest BCUT2D eigenvalue weighted by Crippen LogP contribution is 2.21. The summed E-state index contributed by atoms with van der Waals surface area (Å²) in [4.78, 5) is 32.0. The smallest absolute Gasteiger partial charge is 0.257 e. The average molecular weight is 451 g/mol. The standard InChI is InChI=1S/C22H28F2N4O2S/c1-13(2)19(26-20(29)18-16(23)7-4-8-17(18)24)21(30)27-22-25-15(12-31-22)11-28-9-5-6-14(3)10-28/h4,7-8,12-14,19H,5-6,9-11H2,1-3H3,(H,26,29)(H,25,27,30)/t14?,19-/m0/s1. The lowest BCUT2D eigenvalue weighted by molar-refractivity contribution is -0.118. The molecule has 0 radical (unpaired) electrons. The van der Waals surface area contributed by atoms with Gasteiger partial charge in [-0.25, -0.2) is 13.8 Å². The average Bonchev–Trinajstić information content (AvgIpc) is 3.12.